The van der Waals surface area contributed by atoms with Crippen molar-refractivity contribution >= 4 is 25.7 Å². The Hall–Kier alpha value is -1.52. The summed E-state index contributed by atoms with van der Waals surface area (Å²) in [7, 11) is -4.73. The van der Waals surface area contributed by atoms with Crippen molar-refractivity contribution in [2.24, 2.45) is 0 Å². The first-order chi connectivity index (χ1) is 35.2. The number of carbonyl (C=O) groups excluding carboxylic acids is 3. The third kappa shape index (κ3) is 53.3. The number of carbonyl (C=O) groups is 3. The van der Waals surface area contributed by atoms with E-state index in [1.54, 1.807) is 0 Å². The van der Waals surface area contributed by atoms with Crippen LogP contribution in [0.2, 0.25) is 0 Å². The molecule has 11 nitrogen and oxygen atoms in total. The number of rotatable bonds is 59. The summed E-state index contributed by atoms with van der Waals surface area (Å²) in [5.74, 6) is -1.42. The van der Waals surface area contributed by atoms with Gasteiger partial charge in [0.2, 0.25) is 0 Å². The van der Waals surface area contributed by atoms with E-state index in [0.29, 0.717) is 19.3 Å². The number of aliphatic hydroxyl groups excluding tert-OH is 1. The molecule has 0 aliphatic heterocycles. The number of ether oxygens (including phenoxy) is 3. The number of hydrogen-bond acceptors (Lipinski definition) is 10. The third-order valence-electron chi connectivity index (χ3n) is 14.0. The average molecular weight is 1050 g/mol. The standard InChI is InChI=1S/C60H117O11P/c1-4-7-10-13-16-19-22-24-26-27-28-29-31-33-36-39-42-45-48-51-60(64)71-57(53-67-58(62)49-46-43-40-37-35-32-30-25-23-20-17-14-11-8-5-2)55-69-72(65,66)68-54-56(52-61)70-59(63)50-47-44-41-38-34-21-18-15-12-9-6-3/h56-57,61H,4-55H2,1-3H3,(H,65,66). The fourth-order valence-electron chi connectivity index (χ4n) is 9.30. The molecule has 0 heterocycles. The molecule has 3 unspecified atom stereocenters. The van der Waals surface area contributed by atoms with Gasteiger partial charge >= 0.3 is 25.7 Å². The first-order valence-electron chi connectivity index (χ1n) is 30.9. The molecule has 0 amide bonds. The largest absolute Gasteiger partial charge is 0.472 e. The summed E-state index contributed by atoms with van der Waals surface area (Å²) in [6, 6.07) is 0. The minimum absolute atomic E-state index is 0.179. The molecule has 0 bridgehead atoms. The van der Waals surface area contributed by atoms with E-state index in [1.807, 2.05) is 0 Å². The lowest BCUT2D eigenvalue weighted by Crippen LogP contribution is -2.30. The topological polar surface area (TPSA) is 155 Å². The van der Waals surface area contributed by atoms with Gasteiger partial charge in [0, 0.05) is 19.3 Å². The Bertz CT molecular complexity index is 1220. The van der Waals surface area contributed by atoms with Crippen LogP contribution in [-0.2, 0) is 42.2 Å². The van der Waals surface area contributed by atoms with Crippen molar-refractivity contribution in [2.45, 2.75) is 341 Å². The molecule has 3 atom stereocenters. The second-order valence-electron chi connectivity index (χ2n) is 21.2. The van der Waals surface area contributed by atoms with Gasteiger partial charge in [-0.15, -0.1) is 0 Å². The van der Waals surface area contributed by atoms with Crippen molar-refractivity contribution in [3.05, 3.63) is 0 Å². The number of esters is 3. The summed E-state index contributed by atoms with van der Waals surface area (Å²) in [6.45, 7) is 4.72. The van der Waals surface area contributed by atoms with Gasteiger partial charge in [0.25, 0.3) is 0 Å². The zero-order valence-corrected chi connectivity index (χ0v) is 48.3. The van der Waals surface area contributed by atoms with Gasteiger partial charge in [-0.05, 0) is 19.3 Å². The van der Waals surface area contributed by atoms with E-state index in [2.05, 4.69) is 20.8 Å². The molecule has 72 heavy (non-hydrogen) atoms. The lowest BCUT2D eigenvalue weighted by molar-refractivity contribution is -0.161. The van der Waals surface area contributed by atoms with Gasteiger partial charge < -0.3 is 24.2 Å². The third-order valence-corrected chi connectivity index (χ3v) is 15.0. The molecule has 0 aliphatic carbocycles. The van der Waals surface area contributed by atoms with Gasteiger partial charge in [-0.2, -0.15) is 0 Å². The van der Waals surface area contributed by atoms with Gasteiger partial charge in [-0.1, -0.05) is 290 Å². The van der Waals surface area contributed by atoms with Crippen LogP contribution in [0.5, 0.6) is 0 Å². The minimum atomic E-state index is -4.73. The molecule has 0 aromatic rings. The van der Waals surface area contributed by atoms with E-state index in [9.17, 15) is 28.9 Å². The van der Waals surface area contributed by atoms with E-state index >= 15 is 0 Å². The van der Waals surface area contributed by atoms with Crippen LogP contribution in [-0.4, -0.2) is 66.5 Å². The minimum Gasteiger partial charge on any atom is -0.462 e. The van der Waals surface area contributed by atoms with Gasteiger partial charge in [-0.25, -0.2) is 4.57 Å². The van der Waals surface area contributed by atoms with Crippen molar-refractivity contribution in [2.75, 3.05) is 26.4 Å². The molecule has 0 aliphatic rings. The highest BCUT2D eigenvalue weighted by Gasteiger charge is 2.28. The Labute approximate surface area is 443 Å². The summed E-state index contributed by atoms with van der Waals surface area (Å²) >= 11 is 0. The van der Waals surface area contributed by atoms with Crippen LogP contribution >= 0.6 is 7.82 Å². The molecule has 0 radical (unpaired) electrons. The SMILES string of the molecule is CCCCCCCCCCCCCCCCCCCCCC(=O)OC(COC(=O)CCCCCCCCCCCCCCCCC)COP(=O)(O)OCC(CO)OC(=O)CCCCCCCCCCCCC. The van der Waals surface area contributed by atoms with E-state index in [0.717, 1.165) is 57.8 Å². The van der Waals surface area contributed by atoms with Crippen molar-refractivity contribution < 1.29 is 52.2 Å². The summed E-state index contributed by atoms with van der Waals surface area (Å²) in [4.78, 5) is 48.6. The van der Waals surface area contributed by atoms with Crippen LogP contribution in [0.3, 0.4) is 0 Å². The Morgan fingerprint density at radius 1 is 0.333 bits per heavy atom. The van der Waals surface area contributed by atoms with Gasteiger partial charge in [0.05, 0.1) is 19.8 Å². The molecule has 0 saturated heterocycles. The maximum absolute atomic E-state index is 12.9. The Morgan fingerprint density at radius 2 is 0.556 bits per heavy atom. The van der Waals surface area contributed by atoms with E-state index in [4.69, 9.17) is 23.3 Å². The molecule has 0 fully saturated rings. The Morgan fingerprint density at radius 3 is 0.819 bits per heavy atom. The molecule has 12 heteroatoms. The highest BCUT2D eigenvalue weighted by molar-refractivity contribution is 7.47. The number of unbranched alkanes of at least 4 members (excludes halogenated alkanes) is 42. The fourth-order valence-corrected chi connectivity index (χ4v) is 10.1. The second-order valence-corrected chi connectivity index (χ2v) is 22.7. The number of hydrogen-bond donors (Lipinski definition) is 2. The fraction of sp³-hybridized carbons (Fsp3) is 0.950. The van der Waals surface area contributed by atoms with Crippen molar-refractivity contribution in [1.29, 1.82) is 0 Å². The van der Waals surface area contributed by atoms with Crippen LogP contribution in [0.1, 0.15) is 329 Å². The van der Waals surface area contributed by atoms with E-state index < -0.39 is 57.8 Å². The van der Waals surface area contributed by atoms with E-state index in [-0.39, 0.29) is 25.9 Å². The molecule has 428 valence electrons. The van der Waals surface area contributed by atoms with Crippen LogP contribution in [0, 0.1) is 0 Å². The molecule has 2 N–H and O–H groups in total. The van der Waals surface area contributed by atoms with Crippen molar-refractivity contribution in [3.63, 3.8) is 0 Å². The molecule has 0 spiro atoms. The zero-order valence-electron chi connectivity index (χ0n) is 47.4. The maximum Gasteiger partial charge on any atom is 0.472 e. The predicted octanol–water partition coefficient (Wildman–Crippen LogP) is 18.3. The van der Waals surface area contributed by atoms with Crippen molar-refractivity contribution in [3.8, 4) is 0 Å². The first kappa shape index (κ1) is 70.5. The summed E-state index contributed by atoms with van der Waals surface area (Å²) in [5, 5.41) is 9.80. The molecular weight excluding hydrogens is 928 g/mol. The second kappa shape index (κ2) is 55.7. The van der Waals surface area contributed by atoms with Crippen molar-refractivity contribution in [1.82, 2.24) is 0 Å². The van der Waals surface area contributed by atoms with Crippen LogP contribution < -0.4 is 0 Å². The van der Waals surface area contributed by atoms with E-state index in [1.165, 1.54) is 212 Å². The first-order valence-corrected chi connectivity index (χ1v) is 32.4. The van der Waals surface area contributed by atoms with Crippen LogP contribution in [0.25, 0.3) is 0 Å². The molecule has 0 aromatic heterocycles. The number of phosphoric acid groups is 1. The van der Waals surface area contributed by atoms with Gasteiger partial charge in [0.15, 0.2) is 6.10 Å². The summed E-state index contributed by atoms with van der Waals surface area (Å²) in [5.41, 5.74) is 0. The van der Waals surface area contributed by atoms with Gasteiger partial charge in [0.1, 0.15) is 12.7 Å². The Kier molecular flexibility index (Phi) is 54.5. The molecule has 0 saturated carbocycles. The highest BCUT2D eigenvalue weighted by Crippen LogP contribution is 2.43. The average Bonchev–Trinajstić information content (AvgIpc) is 3.37. The Balaban J connectivity index is 4.63. The molecule has 0 aromatic carbocycles. The lowest BCUT2D eigenvalue weighted by atomic mass is 10.0. The molecular formula is C60H117O11P. The zero-order chi connectivity index (χ0) is 52.7. The van der Waals surface area contributed by atoms with Crippen LogP contribution in [0.4, 0.5) is 0 Å². The lowest BCUT2D eigenvalue weighted by Gasteiger charge is -2.21. The predicted molar refractivity (Wildman–Crippen MR) is 298 cm³/mol. The number of aliphatic hydroxyl groups is 1. The monoisotopic (exact) mass is 1040 g/mol. The smallest absolute Gasteiger partial charge is 0.462 e. The normalized spacial score (nSPS) is 13.2. The van der Waals surface area contributed by atoms with Crippen LogP contribution in [0.15, 0.2) is 0 Å². The highest BCUT2D eigenvalue weighted by atomic mass is 31.2. The summed E-state index contributed by atoms with van der Waals surface area (Å²) < 4.78 is 39.6. The molecule has 0 rings (SSSR count). The summed E-state index contributed by atoms with van der Waals surface area (Å²) in [6.07, 6.45) is 53.4. The van der Waals surface area contributed by atoms with Gasteiger partial charge in [-0.3, -0.25) is 23.4 Å². The number of phosphoric ester groups is 1. The quantitative estimate of drug-likeness (QED) is 0.0259. The maximum atomic E-state index is 12.9.